The van der Waals surface area contributed by atoms with E-state index in [0.717, 1.165) is 43.4 Å². The summed E-state index contributed by atoms with van der Waals surface area (Å²) >= 11 is 0. The maximum absolute atomic E-state index is 9.36. The van der Waals surface area contributed by atoms with E-state index in [0.29, 0.717) is 22.3 Å². The first-order chi connectivity index (χ1) is 25.2. The van der Waals surface area contributed by atoms with Gasteiger partial charge in [-0.3, -0.25) is 0 Å². The molecule has 0 amide bonds. The zero-order valence-corrected chi connectivity index (χ0v) is 23.5. The van der Waals surface area contributed by atoms with Crippen molar-refractivity contribution in [2.24, 2.45) is 0 Å². The third-order valence-corrected chi connectivity index (χ3v) is 8.65. The summed E-state index contributed by atoms with van der Waals surface area (Å²) < 4.78 is 72.3. The Morgan fingerprint density at radius 3 is 1.55 bits per heavy atom. The van der Waals surface area contributed by atoms with E-state index in [1.54, 1.807) is 12.1 Å². The highest BCUT2D eigenvalue weighted by molar-refractivity contribution is 6.28. The van der Waals surface area contributed by atoms with Gasteiger partial charge < -0.3 is 0 Å². The number of hydrogen-bond acceptors (Lipinski definition) is 0. The average molecular weight is 565 g/mol. The van der Waals surface area contributed by atoms with Crippen molar-refractivity contribution in [1.82, 2.24) is 0 Å². The minimum atomic E-state index is -0.414. The second-order valence-corrected chi connectivity index (χ2v) is 11.1. The van der Waals surface area contributed by atoms with Crippen LogP contribution in [0.5, 0.6) is 0 Å². The van der Waals surface area contributed by atoms with E-state index >= 15 is 0 Å². The van der Waals surface area contributed by atoms with E-state index in [4.69, 9.17) is 5.48 Å². The van der Waals surface area contributed by atoms with Crippen LogP contribution in [0.25, 0.3) is 87.2 Å². The number of fused-ring (bicyclic) bond motifs is 7. The molecule has 0 fully saturated rings. The summed E-state index contributed by atoms with van der Waals surface area (Å²) in [5.41, 5.74) is 4.13. The molecule has 9 rings (SSSR count). The fourth-order valence-electron chi connectivity index (χ4n) is 6.74. The molecular formula is C44H28. The fraction of sp³-hybridized carbons (Fsp3) is 0. The second kappa shape index (κ2) is 9.93. The van der Waals surface area contributed by atoms with Crippen LogP contribution in [0.4, 0.5) is 0 Å². The second-order valence-electron chi connectivity index (χ2n) is 11.1. The molecule has 0 saturated carbocycles. The zero-order valence-electron chi connectivity index (χ0n) is 31.5. The summed E-state index contributed by atoms with van der Waals surface area (Å²) in [5.74, 6) is 0. The first-order valence-electron chi connectivity index (χ1n) is 18.6. The molecular weight excluding hydrogens is 528 g/mol. The molecule has 0 saturated heterocycles. The van der Waals surface area contributed by atoms with Gasteiger partial charge in [-0.2, -0.15) is 0 Å². The topological polar surface area (TPSA) is 0 Å². The van der Waals surface area contributed by atoms with Gasteiger partial charge in [-0.1, -0.05) is 158 Å². The third-order valence-electron chi connectivity index (χ3n) is 8.65. The van der Waals surface area contributed by atoms with E-state index in [2.05, 4.69) is 42.5 Å². The van der Waals surface area contributed by atoms with Gasteiger partial charge in [-0.25, -0.2) is 0 Å². The molecule has 0 spiro atoms. The zero-order chi connectivity index (χ0) is 36.0. The van der Waals surface area contributed by atoms with Gasteiger partial charge in [0.2, 0.25) is 0 Å². The molecule has 44 heavy (non-hydrogen) atoms. The van der Waals surface area contributed by atoms with E-state index in [-0.39, 0.29) is 45.7 Å². The number of benzene rings is 9. The quantitative estimate of drug-likeness (QED) is 0.148. The molecule has 204 valence electrons. The normalized spacial score (nSPS) is 14.2. The van der Waals surface area contributed by atoms with E-state index in [9.17, 15) is 5.48 Å². The van der Waals surface area contributed by atoms with Crippen LogP contribution in [0.1, 0.15) is 11.0 Å². The highest BCUT2D eigenvalue weighted by Gasteiger charge is 2.19. The van der Waals surface area contributed by atoms with Gasteiger partial charge in [-0.05, 0) is 99.4 Å². The van der Waals surface area contributed by atoms with Gasteiger partial charge in [0.05, 0.1) is 11.0 Å². The molecule has 0 nitrogen and oxygen atoms in total. The smallest absolute Gasteiger partial charge is 0.0622 e. The summed E-state index contributed by atoms with van der Waals surface area (Å²) in [7, 11) is 0. The van der Waals surface area contributed by atoms with Crippen LogP contribution < -0.4 is 0 Å². The van der Waals surface area contributed by atoms with Crippen LogP contribution in [0.3, 0.4) is 0 Å². The Labute approximate surface area is 267 Å². The molecule has 0 atom stereocenters. The van der Waals surface area contributed by atoms with Crippen molar-refractivity contribution in [3.63, 3.8) is 0 Å². The predicted molar refractivity (Wildman–Crippen MR) is 190 cm³/mol. The Hall–Kier alpha value is -5.72. The van der Waals surface area contributed by atoms with Gasteiger partial charge in [0, 0.05) is 0 Å². The molecule has 0 bridgehead atoms. The predicted octanol–water partition coefficient (Wildman–Crippen LogP) is 12.5. The lowest BCUT2D eigenvalue weighted by Gasteiger charge is -2.20. The largest absolute Gasteiger partial charge is 0.0629 e. The van der Waals surface area contributed by atoms with Gasteiger partial charge in [0.15, 0.2) is 0 Å². The Kier molecular flexibility index (Phi) is 4.08. The van der Waals surface area contributed by atoms with E-state index < -0.39 is 24.2 Å². The lowest BCUT2D eigenvalue weighted by Crippen LogP contribution is -1.92. The molecule has 0 unspecified atom stereocenters. The third kappa shape index (κ3) is 3.78. The van der Waals surface area contributed by atoms with Crippen molar-refractivity contribution in [2.75, 3.05) is 0 Å². The van der Waals surface area contributed by atoms with E-state index in [1.165, 1.54) is 0 Å². The van der Waals surface area contributed by atoms with Crippen molar-refractivity contribution in [3.8, 4) is 33.4 Å². The monoisotopic (exact) mass is 564 g/mol. The molecule has 0 aliphatic carbocycles. The first-order valence-corrected chi connectivity index (χ1v) is 14.6. The van der Waals surface area contributed by atoms with Crippen molar-refractivity contribution in [2.45, 2.75) is 0 Å². The lowest BCUT2D eigenvalue weighted by molar-refractivity contribution is 1.65. The molecule has 9 aromatic carbocycles. The van der Waals surface area contributed by atoms with Crippen molar-refractivity contribution in [1.29, 1.82) is 0 Å². The first kappa shape index (κ1) is 18.1. The molecule has 0 aliphatic heterocycles. The molecule has 9 aromatic rings. The molecule has 0 radical (unpaired) electrons. The Balaban J connectivity index is 1.51. The van der Waals surface area contributed by atoms with E-state index in [1.807, 2.05) is 66.7 Å². The summed E-state index contributed by atoms with van der Waals surface area (Å²) in [6.45, 7) is 0. The Morgan fingerprint density at radius 2 is 0.886 bits per heavy atom. The van der Waals surface area contributed by atoms with Crippen molar-refractivity contribution in [3.05, 3.63) is 170 Å². The highest BCUT2D eigenvalue weighted by Crippen LogP contribution is 2.47. The highest BCUT2D eigenvalue weighted by atomic mass is 14.2. The van der Waals surface area contributed by atoms with Gasteiger partial charge in [-0.15, -0.1) is 0 Å². The summed E-state index contributed by atoms with van der Waals surface area (Å²) in [5, 5.41) is 6.59. The summed E-state index contributed by atoms with van der Waals surface area (Å²) in [4.78, 5) is 0. The maximum Gasteiger partial charge on any atom is 0.0629 e. The number of rotatable bonds is 3. The molecule has 0 heterocycles. The summed E-state index contributed by atoms with van der Waals surface area (Å²) in [6, 6.07) is 37.0. The fourth-order valence-corrected chi connectivity index (χ4v) is 6.74. The Bertz CT molecular complexity index is 2890. The van der Waals surface area contributed by atoms with Crippen LogP contribution in [-0.4, -0.2) is 0 Å². The van der Waals surface area contributed by atoms with Crippen molar-refractivity contribution < 1.29 is 11.0 Å². The number of hydrogen-bond donors (Lipinski definition) is 0. The van der Waals surface area contributed by atoms with Crippen molar-refractivity contribution >= 4 is 53.9 Å². The maximum atomic E-state index is 9.36. The lowest BCUT2D eigenvalue weighted by atomic mass is 9.83. The molecule has 0 N–H and O–H groups in total. The summed E-state index contributed by atoms with van der Waals surface area (Å²) in [6.07, 6.45) is 0. The van der Waals surface area contributed by atoms with Gasteiger partial charge in [0.25, 0.3) is 0 Å². The SMILES string of the molecule is [2H]c1c([2H])c([2H])c2c(-c3cc4ccc5cc(-c6ccccc6)ccc5c4c4ccccc34)c3c([2H])c([2H])c([2H])c([2H])c3c(-c3ccccc3)c2c1[2H]. The van der Waals surface area contributed by atoms with Gasteiger partial charge in [0.1, 0.15) is 0 Å². The van der Waals surface area contributed by atoms with Crippen LogP contribution in [0.15, 0.2) is 170 Å². The van der Waals surface area contributed by atoms with Crippen LogP contribution in [-0.2, 0) is 0 Å². The van der Waals surface area contributed by atoms with Crippen LogP contribution in [0, 0.1) is 0 Å². The van der Waals surface area contributed by atoms with Gasteiger partial charge >= 0.3 is 0 Å². The minimum Gasteiger partial charge on any atom is -0.0622 e. The Morgan fingerprint density at radius 1 is 0.341 bits per heavy atom. The molecule has 0 aromatic heterocycles. The standard InChI is InChI=1S/C44H28/c1-3-13-29(14-4-1)31-25-26-34-32(27-31)23-24-33-28-41(35-17-7-8-18-36(35)43(33)34)44-39-21-11-9-19-37(39)42(30-15-5-2-6-16-30)38-20-10-12-22-40(38)44/h1-28H/i9D,10D,11D,12D,19D,20D,21D,22D. The molecule has 0 heteroatoms. The molecule has 0 aliphatic rings. The van der Waals surface area contributed by atoms with Crippen LogP contribution >= 0.6 is 0 Å². The average Bonchev–Trinajstić information content (AvgIpc) is 3.19. The van der Waals surface area contributed by atoms with Crippen LogP contribution in [0.2, 0.25) is 0 Å². The minimum absolute atomic E-state index is 0.208.